The van der Waals surface area contributed by atoms with Crippen molar-refractivity contribution in [2.75, 3.05) is 27.2 Å². The highest BCUT2D eigenvalue weighted by atomic mass is 16.4. The van der Waals surface area contributed by atoms with Gasteiger partial charge in [0.25, 0.3) is 0 Å². The van der Waals surface area contributed by atoms with E-state index in [0.29, 0.717) is 24.3 Å². The van der Waals surface area contributed by atoms with Gasteiger partial charge in [-0.1, -0.05) is 12.1 Å². The Morgan fingerprint density at radius 1 is 1.47 bits per heavy atom. The van der Waals surface area contributed by atoms with Gasteiger partial charge in [0.05, 0.1) is 0 Å². The molecular formula is C12H26N4O. The van der Waals surface area contributed by atoms with E-state index in [1.807, 2.05) is 0 Å². The van der Waals surface area contributed by atoms with E-state index in [4.69, 9.17) is 10.9 Å². The summed E-state index contributed by atoms with van der Waals surface area (Å²) < 4.78 is 0. The summed E-state index contributed by atoms with van der Waals surface area (Å²) >= 11 is 0. The Kier molecular flexibility index (Phi) is 5.71. The zero-order chi connectivity index (χ0) is 12.8. The quantitative estimate of drug-likeness (QED) is 0.326. The van der Waals surface area contributed by atoms with Crippen LogP contribution < -0.4 is 5.73 Å². The standard InChI is InChI=1S/C12H26N4O/c1-4-10(9-12(13)14-17)16-7-5-11(6-8-16)15(2)3/h10-11,17H,4-9H2,1-3H3,(H2,13,14). The molecule has 1 saturated heterocycles. The topological polar surface area (TPSA) is 65.1 Å². The van der Waals surface area contributed by atoms with Gasteiger partial charge in [-0.25, -0.2) is 0 Å². The summed E-state index contributed by atoms with van der Waals surface area (Å²) in [4.78, 5) is 4.78. The maximum atomic E-state index is 8.63. The molecule has 17 heavy (non-hydrogen) atoms. The van der Waals surface area contributed by atoms with Crippen LogP contribution in [0.1, 0.15) is 32.6 Å². The molecular weight excluding hydrogens is 216 g/mol. The van der Waals surface area contributed by atoms with Gasteiger partial charge in [0, 0.05) is 18.5 Å². The Morgan fingerprint density at radius 2 is 2.06 bits per heavy atom. The Labute approximate surface area is 104 Å². The Bertz CT molecular complexity index is 247. The molecule has 0 amide bonds. The first-order valence-corrected chi connectivity index (χ1v) is 6.45. The number of nitrogens with zero attached hydrogens (tertiary/aromatic N) is 3. The van der Waals surface area contributed by atoms with Crippen molar-refractivity contribution in [3.8, 4) is 0 Å². The highest BCUT2D eigenvalue weighted by molar-refractivity contribution is 5.80. The fourth-order valence-corrected chi connectivity index (χ4v) is 2.58. The van der Waals surface area contributed by atoms with E-state index in [2.05, 4.69) is 36.0 Å². The fraction of sp³-hybridized carbons (Fsp3) is 0.917. The lowest BCUT2D eigenvalue weighted by Crippen LogP contribution is -2.47. The molecule has 0 saturated carbocycles. The van der Waals surface area contributed by atoms with Crippen LogP contribution >= 0.6 is 0 Å². The molecule has 1 aliphatic rings. The van der Waals surface area contributed by atoms with Crippen molar-refractivity contribution in [2.24, 2.45) is 10.9 Å². The van der Waals surface area contributed by atoms with Crippen molar-refractivity contribution in [2.45, 2.75) is 44.7 Å². The van der Waals surface area contributed by atoms with Crippen LogP contribution in [-0.2, 0) is 0 Å². The molecule has 1 aliphatic heterocycles. The Hall–Kier alpha value is -0.810. The number of nitrogens with two attached hydrogens (primary N) is 1. The molecule has 0 aromatic rings. The van der Waals surface area contributed by atoms with Crippen LogP contribution in [0.3, 0.4) is 0 Å². The van der Waals surface area contributed by atoms with Gasteiger partial charge in [-0.3, -0.25) is 4.90 Å². The highest BCUT2D eigenvalue weighted by Crippen LogP contribution is 2.19. The number of piperidine rings is 1. The van der Waals surface area contributed by atoms with Gasteiger partial charge in [-0.15, -0.1) is 0 Å². The third-order valence-electron chi connectivity index (χ3n) is 3.79. The van der Waals surface area contributed by atoms with Crippen molar-refractivity contribution < 1.29 is 5.21 Å². The monoisotopic (exact) mass is 242 g/mol. The minimum atomic E-state index is 0.339. The van der Waals surface area contributed by atoms with E-state index in [1.54, 1.807) is 0 Å². The largest absolute Gasteiger partial charge is 0.409 e. The lowest BCUT2D eigenvalue weighted by atomic mass is 10.00. The average molecular weight is 242 g/mol. The predicted octanol–water partition coefficient (Wildman–Crippen LogP) is 0.928. The summed E-state index contributed by atoms with van der Waals surface area (Å²) in [7, 11) is 4.29. The summed E-state index contributed by atoms with van der Waals surface area (Å²) in [6.07, 6.45) is 4.13. The molecule has 0 spiro atoms. The van der Waals surface area contributed by atoms with E-state index in [-0.39, 0.29) is 0 Å². The fourth-order valence-electron chi connectivity index (χ4n) is 2.58. The van der Waals surface area contributed by atoms with E-state index >= 15 is 0 Å². The molecule has 1 heterocycles. The van der Waals surface area contributed by atoms with Gasteiger partial charge in [0.15, 0.2) is 0 Å². The van der Waals surface area contributed by atoms with Crippen molar-refractivity contribution in [3.05, 3.63) is 0 Å². The van der Waals surface area contributed by atoms with Gasteiger partial charge in [-0.2, -0.15) is 0 Å². The normalized spacial score (nSPS) is 22.0. The van der Waals surface area contributed by atoms with Crippen molar-refractivity contribution in [1.82, 2.24) is 9.80 Å². The van der Waals surface area contributed by atoms with Crippen LogP contribution in [0.2, 0.25) is 0 Å². The lowest BCUT2D eigenvalue weighted by Gasteiger charge is -2.39. The van der Waals surface area contributed by atoms with Gasteiger partial charge >= 0.3 is 0 Å². The Balaban J connectivity index is 2.45. The van der Waals surface area contributed by atoms with Crippen molar-refractivity contribution >= 4 is 5.84 Å². The second-order valence-corrected chi connectivity index (χ2v) is 5.09. The zero-order valence-corrected chi connectivity index (χ0v) is 11.3. The second-order valence-electron chi connectivity index (χ2n) is 5.09. The van der Waals surface area contributed by atoms with Gasteiger partial charge in [0.2, 0.25) is 0 Å². The number of likely N-dealkylation sites (tertiary alicyclic amines) is 1. The molecule has 0 radical (unpaired) electrons. The molecule has 100 valence electrons. The first-order valence-electron chi connectivity index (χ1n) is 6.45. The molecule has 0 aromatic carbocycles. The van der Waals surface area contributed by atoms with Crippen molar-refractivity contribution in [1.29, 1.82) is 0 Å². The smallest absolute Gasteiger partial charge is 0.140 e. The van der Waals surface area contributed by atoms with Crippen LogP contribution in [0.4, 0.5) is 0 Å². The molecule has 3 N–H and O–H groups in total. The van der Waals surface area contributed by atoms with Gasteiger partial charge in [-0.05, 0) is 46.4 Å². The summed E-state index contributed by atoms with van der Waals surface area (Å²) in [6, 6.07) is 1.11. The third-order valence-corrected chi connectivity index (χ3v) is 3.79. The molecule has 1 rings (SSSR count). The summed E-state index contributed by atoms with van der Waals surface area (Å²) in [5, 5.41) is 11.7. The van der Waals surface area contributed by atoms with E-state index in [0.717, 1.165) is 19.5 Å². The van der Waals surface area contributed by atoms with Crippen molar-refractivity contribution in [3.63, 3.8) is 0 Å². The summed E-state index contributed by atoms with van der Waals surface area (Å²) in [5.74, 6) is 0.339. The van der Waals surface area contributed by atoms with Crippen LogP contribution in [0.5, 0.6) is 0 Å². The van der Waals surface area contributed by atoms with Crippen LogP contribution in [0.15, 0.2) is 5.16 Å². The predicted molar refractivity (Wildman–Crippen MR) is 70.4 cm³/mol. The minimum Gasteiger partial charge on any atom is -0.409 e. The van der Waals surface area contributed by atoms with Crippen LogP contribution in [-0.4, -0.2) is 60.1 Å². The summed E-state index contributed by atoms with van der Waals surface area (Å²) in [6.45, 7) is 4.38. The molecule has 5 heteroatoms. The molecule has 1 unspecified atom stereocenters. The maximum Gasteiger partial charge on any atom is 0.140 e. The van der Waals surface area contributed by atoms with Crippen LogP contribution in [0, 0.1) is 0 Å². The highest BCUT2D eigenvalue weighted by Gasteiger charge is 2.25. The summed E-state index contributed by atoms with van der Waals surface area (Å²) in [5.41, 5.74) is 5.60. The molecule has 5 nitrogen and oxygen atoms in total. The first-order chi connectivity index (χ1) is 8.08. The number of oxime groups is 1. The Morgan fingerprint density at radius 3 is 2.47 bits per heavy atom. The first kappa shape index (κ1) is 14.3. The lowest BCUT2D eigenvalue weighted by molar-refractivity contribution is 0.108. The molecule has 1 atom stereocenters. The number of hydrogen-bond donors (Lipinski definition) is 2. The average Bonchev–Trinajstić information content (AvgIpc) is 2.35. The number of rotatable bonds is 5. The molecule has 0 aromatic heterocycles. The van der Waals surface area contributed by atoms with Gasteiger partial charge < -0.3 is 15.8 Å². The molecule has 0 bridgehead atoms. The molecule has 0 aliphatic carbocycles. The third kappa shape index (κ3) is 4.16. The van der Waals surface area contributed by atoms with E-state index in [9.17, 15) is 0 Å². The zero-order valence-electron chi connectivity index (χ0n) is 11.3. The minimum absolute atomic E-state index is 0.339. The number of amidine groups is 1. The van der Waals surface area contributed by atoms with Gasteiger partial charge in [0.1, 0.15) is 5.84 Å². The number of hydrogen-bond acceptors (Lipinski definition) is 4. The maximum absolute atomic E-state index is 8.63. The second kappa shape index (κ2) is 6.81. The van der Waals surface area contributed by atoms with Crippen LogP contribution in [0.25, 0.3) is 0 Å². The van der Waals surface area contributed by atoms with E-state index < -0.39 is 0 Å². The van der Waals surface area contributed by atoms with E-state index in [1.165, 1.54) is 12.8 Å². The SMILES string of the molecule is CCC(C/C(N)=N/O)N1CCC(N(C)C)CC1. The molecule has 1 fully saturated rings.